The van der Waals surface area contributed by atoms with Gasteiger partial charge in [-0.1, -0.05) is 18.2 Å². The average molecular weight is 308 g/mol. The third-order valence-electron chi connectivity index (χ3n) is 5.01. The summed E-state index contributed by atoms with van der Waals surface area (Å²) in [5.41, 5.74) is 8.54. The molecule has 2 N–H and O–H groups in total. The molecule has 0 amide bonds. The summed E-state index contributed by atoms with van der Waals surface area (Å²) in [6, 6.07) is 11.0. The maximum absolute atomic E-state index is 5.46. The van der Waals surface area contributed by atoms with E-state index in [1.165, 1.54) is 46.3 Å². The van der Waals surface area contributed by atoms with Crippen molar-refractivity contribution in [1.29, 1.82) is 0 Å². The zero-order chi connectivity index (χ0) is 15.6. The fraction of sp³-hybridized carbons (Fsp3) is 0.400. The standard InChI is InChI=1S/C20H24N2O/c1-23-17-6-2-4-15(13-17)19-18-8-11-21-10-7-14(18)12-16-5-3-9-22-20(16)19/h2,4,6,12-13,21-22H,3,5,7-11H2,1H3. The number of fused-ring (bicyclic) bond motifs is 2. The Hall–Kier alpha value is -2.00. The summed E-state index contributed by atoms with van der Waals surface area (Å²) in [7, 11) is 1.74. The van der Waals surface area contributed by atoms with E-state index in [2.05, 4.69) is 34.9 Å². The quantitative estimate of drug-likeness (QED) is 0.892. The van der Waals surface area contributed by atoms with E-state index < -0.39 is 0 Å². The Morgan fingerprint density at radius 1 is 0.957 bits per heavy atom. The number of benzene rings is 2. The monoisotopic (exact) mass is 308 g/mol. The molecule has 0 atom stereocenters. The Morgan fingerprint density at radius 3 is 2.78 bits per heavy atom. The van der Waals surface area contributed by atoms with Gasteiger partial charge in [0.25, 0.3) is 0 Å². The first-order chi connectivity index (χ1) is 11.4. The molecule has 0 unspecified atom stereocenters. The SMILES string of the molecule is COc1cccc(-c2c3c(cc4c2NCCC4)CCNCC3)c1. The highest BCUT2D eigenvalue weighted by Crippen LogP contribution is 2.40. The van der Waals surface area contributed by atoms with E-state index in [-0.39, 0.29) is 0 Å². The molecule has 0 spiro atoms. The number of nitrogens with one attached hydrogen (secondary N) is 2. The lowest BCUT2D eigenvalue weighted by Crippen LogP contribution is -2.16. The highest BCUT2D eigenvalue weighted by atomic mass is 16.5. The Balaban J connectivity index is 1.95. The molecule has 2 aromatic rings. The topological polar surface area (TPSA) is 33.3 Å². The normalized spacial score (nSPS) is 16.7. The number of aryl methyl sites for hydroxylation is 1. The smallest absolute Gasteiger partial charge is 0.119 e. The van der Waals surface area contributed by atoms with E-state index >= 15 is 0 Å². The molecule has 0 saturated carbocycles. The van der Waals surface area contributed by atoms with Gasteiger partial charge in [0.15, 0.2) is 0 Å². The Bertz CT molecular complexity index is 724. The Labute approximate surface area is 138 Å². The molecular weight excluding hydrogens is 284 g/mol. The molecule has 3 heteroatoms. The number of hydrogen-bond acceptors (Lipinski definition) is 3. The lowest BCUT2D eigenvalue weighted by atomic mass is 9.86. The molecule has 120 valence electrons. The zero-order valence-corrected chi connectivity index (χ0v) is 13.7. The van der Waals surface area contributed by atoms with Crippen LogP contribution in [0.5, 0.6) is 5.75 Å². The van der Waals surface area contributed by atoms with Crippen LogP contribution in [0.4, 0.5) is 5.69 Å². The van der Waals surface area contributed by atoms with E-state index in [9.17, 15) is 0 Å². The number of ether oxygens (including phenoxy) is 1. The maximum atomic E-state index is 5.46. The molecular formula is C20H24N2O. The van der Waals surface area contributed by atoms with Crippen LogP contribution in [0.25, 0.3) is 11.1 Å². The summed E-state index contributed by atoms with van der Waals surface area (Å²) in [5.74, 6) is 0.927. The highest BCUT2D eigenvalue weighted by Gasteiger charge is 2.22. The van der Waals surface area contributed by atoms with E-state index in [1.54, 1.807) is 7.11 Å². The van der Waals surface area contributed by atoms with Gasteiger partial charge in [0, 0.05) is 17.8 Å². The van der Waals surface area contributed by atoms with Gasteiger partial charge in [-0.25, -0.2) is 0 Å². The molecule has 0 fully saturated rings. The minimum atomic E-state index is 0.927. The maximum Gasteiger partial charge on any atom is 0.119 e. The van der Waals surface area contributed by atoms with Crippen molar-refractivity contribution in [3.05, 3.63) is 47.0 Å². The molecule has 0 aliphatic carbocycles. The summed E-state index contributed by atoms with van der Waals surface area (Å²) in [6.45, 7) is 3.21. The van der Waals surface area contributed by atoms with Crippen LogP contribution in [-0.4, -0.2) is 26.7 Å². The predicted molar refractivity (Wildman–Crippen MR) is 95.5 cm³/mol. The van der Waals surface area contributed by atoms with Gasteiger partial charge in [0.2, 0.25) is 0 Å². The van der Waals surface area contributed by atoms with Gasteiger partial charge in [-0.15, -0.1) is 0 Å². The molecule has 3 nitrogen and oxygen atoms in total. The summed E-state index contributed by atoms with van der Waals surface area (Å²) in [4.78, 5) is 0. The molecule has 2 aromatic carbocycles. The molecule has 0 saturated heterocycles. The summed E-state index contributed by atoms with van der Waals surface area (Å²) >= 11 is 0. The van der Waals surface area contributed by atoms with Crippen LogP contribution in [0.3, 0.4) is 0 Å². The molecule has 0 bridgehead atoms. The van der Waals surface area contributed by atoms with E-state index in [0.717, 1.165) is 38.2 Å². The fourth-order valence-electron chi connectivity index (χ4n) is 3.90. The van der Waals surface area contributed by atoms with Gasteiger partial charge in [-0.3, -0.25) is 0 Å². The predicted octanol–water partition coefficient (Wildman–Crippen LogP) is 3.41. The lowest BCUT2D eigenvalue weighted by Gasteiger charge is -2.26. The Kier molecular flexibility index (Phi) is 3.96. The van der Waals surface area contributed by atoms with Crippen molar-refractivity contribution in [3.63, 3.8) is 0 Å². The summed E-state index contributed by atoms with van der Waals surface area (Å²) in [5, 5.41) is 7.22. The first-order valence-electron chi connectivity index (χ1n) is 8.63. The lowest BCUT2D eigenvalue weighted by molar-refractivity contribution is 0.415. The first-order valence-corrected chi connectivity index (χ1v) is 8.63. The van der Waals surface area contributed by atoms with Crippen LogP contribution < -0.4 is 15.4 Å². The number of anilines is 1. The van der Waals surface area contributed by atoms with Gasteiger partial charge in [-0.2, -0.15) is 0 Å². The number of methoxy groups -OCH3 is 1. The van der Waals surface area contributed by atoms with Crippen molar-refractivity contribution in [2.45, 2.75) is 25.7 Å². The molecule has 2 heterocycles. The van der Waals surface area contributed by atoms with E-state index in [0.29, 0.717) is 0 Å². The van der Waals surface area contributed by atoms with Gasteiger partial charge in [0.1, 0.15) is 5.75 Å². The van der Waals surface area contributed by atoms with E-state index in [1.807, 2.05) is 6.07 Å². The summed E-state index contributed by atoms with van der Waals surface area (Å²) < 4.78 is 5.46. The van der Waals surface area contributed by atoms with Crippen LogP contribution in [0.15, 0.2) is 30.3 Å². The molecule has 2 aliphatic heterocycles. The second-order valence-electron chi connectivity index (χ2n) is 6.44. The van der Waals surface area contributed by atoms with Gasteiger partial charge in [0.05, 0.1) is 7.11 Å². The van der Waals surface area contributed by atoms with Crippen LogP contribution in [-0.2, 0) is 19.3 Å². The molecule has 2 aliphatic rings. The molecule has 0 aromatic heterocycles. The summed E-state index contributed by atoms with van der Waals surface area (Å²) in [6.07, 6.45) is 4.62. The second kappa shape index (κ2) is 6.25. The number of hydrogen-bond donors (Lipinski definition) is 2. The average Bonchev–Trinajstić information content (AvgIpc) is 2.84. The Morgan fingerprint density at radius 2 is 1.87 bits per heavy atom. The van der Waals surface area contributed by atoms with Crippen molar-refractivity contribution < 1.29 is 4.74 Å². The second-order valence-corrected chi connectivity index (χ2v) is 6.44. The minimum Gasteiger partial charge on any atom is -0.497 e. The van der Waals surface area contributed by atoms with Crippen molar-refractivity contribution in [1.82, 2.24) is 5.32 Å². The van der Waals surface area contributed by atoms with Gasteiger partial charge in [-0.05, 0) is 73.2 Å². The van der Waals surface area contributed by atoms with Gasteiger partial charge < -0.3 is 15.4 Å². The van der Waals surface area contributed by atoms with Crippen molar-refractivity contribution >= 4 is 5.69 Å². The van der Waals surface area contributed by atoms with E-state index in [4.69, 9.17) is 4.74 Å². The fourth-order valence-corrected chi connectivity index (χ4v) is 3.90. The van der Waals surface area contributed by atoms with Crippen molar-refractivity contribution in [3.8, 4) is 16.9 Å². The molecule has 4 rings (SSSR count). The van der Waals surface area contributed by atoms with Crippen molar-refractivity contribution in [2.75, 3.05) is 32.1 Å². The van der Waals surface area contributed by atoms with Crippen LogP contribution in [0, 0.1) is 0 Å². The minimum absolute atomic E-state index is 0.927. The molecule has 23 heavy (non-hydrogen) atoms. The van der Waals surface area contributed by atoms with Crippen molar-refractivity contribution in [2.24, 2.45) is 0 Å². The zero-order valence-electron chi connectivity index (χ0n) is 13.7. The highest BCUT2D eigenvalue weighted by molar-refractivity contribution is 5.85. The van der Waals surface area contributed by atoms with Crippen LogP contribution >= 0.6 is 0 Å². The number of rotatable bonds is 2. The largest absolute Gasteiger partial charge is 0.497 e. The first kappa shape index (κ1) is 14.6. The third-order valence-corrected chi connectivity index (χ3v) is 5.01. The van der Waals surface area contributed by atoms with Gasteiger partial charge >= 0.3 is 0 Å². The third kappa shape index (κ3) is 2.70. The van der Waals surface area contributed by atoms with Crippen LogP contribution in [0.2, 0.25) is 0 Å². The molecule has 0 radical (unpaired) electrons. The van der Waals surface area contributed by atoms with Crippen LogP contribution in [0.1, 0.15) is 23.1 Å².